The molecule has 1 atom stereocenters. The maximum atomic E-state index is 14.1. The van der Waals surface area contributed by atoms with Crippen LogP contribution in [-0.4, -0.2) is 18.2 Å². The average molecular weight is 271 g/mol. The van der Waals surface area contributed by atoms with Crippen molar-refractivity contribution in [3.05, 3.63) is 65.5 Å². The zero-order valence-corrected chi connectivity index (χ0v) is 11.3. The fourth-order valence-corrected chi connectivity index (χ4v) is 2.88. The Morgan fingerprint density at radius 3 is 2.65 bits per heavy atom. The van der Waals surface area contributed by atoms with Crippen LogP contribution in [0.5, 0.6) is 0 Å². The largest absolute Gasteiger partial charge is 0.392 e. The molecule has 0 radical (unpaired) electrons. The fourth-order valence-electron chi connectivity index (χ4n) is 2.88. The Bertz CT molecular complexity index is 585. The molecule has 20 heavy (non-hydrogen) atoms. The van der Waals surface area contributed by atoms with Crippen molar-refractivity contribution in [3.63, 3.8) is 0 Å². The van der Waals surface area contributed by atoms with Crippen molar-refractivity contribution in [1.82, 2.24) is 0 Å². The van der Waals surface area contributed by atoms with Crippen molar-refractivity contribution >= 4 is 5.69 Å². The van der Waals surface area contributed by atoms with Crippen LogP contribution in [0.15, 0.2) is 48.5 Å². The molecule has 2 aromatic carbocycles. The minimum Gasteiger partial charge on any atom is -0.392 e. The molecule has 1 unspecified atom stereocenters. The molecule has 0 spiro atoms. The molecule has 1 N–H and O–H groups in total. The fraction of sp³-hybridized carbons (Fsp3) is 0.294. The van der Waals surface area contributed by atoms with Gasteiger partial charge in [-0.15, -0.1) is 0 Å². The van der Waals surface area contributed by atoms with Gasteiger partial charge in [0, 0.05) is 19.0 Å². The molecule has 2 aromatic rings. The van der Waals surface area contributed by atoms with Crippen LogP contribution in [0, 0.1) is 5.82 Å². The summed E-state index contributed by atoms with van der Waals surface area (Å²) >= 11 is 0. The van der Waals surface area contributed by atoms with Crippen molar-refractivity contribution in [3.8, 4) is 0 Å². The van der Waals surface area contributed by atoms with Crippen LogP contribution in [0.3, 0.4) is 0 Å². The second-order valence-electron chi connectivity index (χ2n) is 5.29. The summed E-state index contributed by atoms with van der Waals surface area (Å²) in [6.07, 6.45) is 1.05. The van der Waals surface area contributed by atoms with Gasteiger partial charge in [0.25, 0.3) is 0 Å². The molecule has 104 valence electrons. The Morgan fingerprint density at radius 2 is 1.95 bits per heavy atom. The predicted octanol–water partition coefficient (Wildman–Crippen LogP) is 3.31. The third-order valence-corrected chi connectivity index (χ3v) is 3.99. The van der Waals surface area contributed by atoms with Gasteiger partial charge in [-0.25, -0.2) is 4.39 Å². The van der Waals surface area contributed by atoms with Crippen LogP contribution >= 0.6 is 0 Å². The van der Waals surface area contributed by atoms with E-state index in [1.54, 1.807) is 12.1 Å². The molecule has 1 fully saturated rings. The number of aliphatic hydroxyl groups is 1. The number of halogens is 1. The lowest BCUT2D eigenvalue weighted by Crippen LogP contribution is -2.20. The van der Waals surface area contributed by atoms with E-state index in [4.69, 9.17) is 5.11 Å². The minimum absolute atomic E-state index is 0.121. The van der Waals surface area contributed by atoms with E-state index < -0.39 is 0 Å². The quantitative estimate of drug-likeness (QED) is 0.925. The van der Waals surface area contributed by atoms with Crippen molar-refractivity contribution in [2.24, 2.45) is 0 Å². The number of aliphatic hydroxyl groups excluding tert-OH is 1. The number of rotatable bonds is 3. The summed E-state index contributed by atoms with van der Waals surface area (Å²) in [5, 5.41) is 9.03. The van der Waals surface area contributed by atoms with E-state index in [-0.39, 0.29) is 12.4 Å². The van der Waals surface area contributed by atoms with Gasteiger partial charge < -0.3 is 10.0 Å². The average Bonchev–Trinajstić information content (AvgIpc) is 2.97. The second-order valence-corrected chi connectivity index (χ2v) is 5.29. The Kier molecular flexibility index (Phi) is 3.70. The van der Waals surface area contributed by atoms with E-state index in [1.807, 2.05) is 6.07 Å². The van der Waals surface area contributed by atoms with E-state index in [0.29, 0.717) is 17.2 Å². The zero-order chi connectivity index (χ0) is 13.9. The number of hydrogen-bond donors (Lipinski definition) is 1. The van der Waals surface area contributed by atoms with E-state index >= 15 is 0 Å². The van der Waals surface area contributed by atoms with Gasteiger partial charge in [0.1, 0.15) is 5.82 Å². The summed E-state index contributed by atoms with van der Waals surface area (Å²) < 4.78 is 14.1. The SMILES string of the molecule is OCc1ccc(N2CCC(c3ccccc3)C2)c(F)c1. The highest BCUT2D eigenvalue weighted by atomic mass is 19.1. The van der Waals surface area contributed by atoms with Gasteiger partial charge in [-0.05, 0) is 29.7 Å². The van der Waals surface area contributed by atoms with Crippen LogP contribution in [0.4, 0.5) is 10.1 Å². The van der Waals surface area contributed by atoms with E-state index in [1.165, 1.54) is 11.6 Å². The third-order valence-electron chi connectivity index (χ3n) is 3.99. The number of anilines is 1. The summed E-state index contributed by atoms with van der Waals surface area (Å²) in [6, 6.07) is 15.4. The van der Waals surface area contributed by atoms with E-state index in [2.05, 4.69) is 29.2 Å². The Labute approximate surface area is 118 Å². The van der Waals surface area contributed by atoms with Crippen LogP contribution in [0.1, 0.15) is 23.5 Å². The minimum atomic E-state index is -0.245. The number of hydrogen-bond acceptors (Lipinski definition) is 2. The second kappa shape index (κ2) is 5.63. The molecule has 1 saturated heterocycles. The normalized spacial score (nSPS) is 18.5. The van der Waals surface area contributed by atoms with Gasteiger partial charge in [-0.2, -0.15) is 0 Å². The first kappa shape index (κ1) is 13.1. The summed E-state index contributed by atoms with van der Waals surface area (Å²) in [7, 11) is 0. The molecular formula is C17H18FNO. The van der Waals surface area contributed by atoms with Crippen LogP contribution < -0.4 is 4.90 Å². The van der Waals surface area contributed by atoms with Crippen LogP contribution in [-0.2, 0) is 6.61 Å². The first-order chi connectivity index (χ1) is 9.78. The Balaban J connectivity index is 1.77. The van der Waals surface area contributed by atoms with E-state index in [0.717, 1.165) is 19.5 Å². The van der Waals surface area contributed by atoms with Crippen molar-refractivity contribution in [2.75, 3.05) is 18.0 Å². The maximum absolute atomic E-state index is 14.1. The molecule has 0 saturated carbocycles. The lowest BCUT2D eigenvalue weighted by Gasteiger charge is -2.20. The highest BCUT2D eigenvalue weighted by Gasteiger charge is 2.25. The smallest absolute Gasteiger partial charge is 0.146 e. The first-order valence-electron chi connectivity index (χ1n) is 6.97. The van der Waals surface area contributed by atoms with Crippen molar-refractivity contribution in [2.45, 2.75) is 18.9 Å². The summed E-state index contributed by atoms with van der Waals surface area (Å²) in [5.41, 5.74) is 2.58. The highest BCUT2D eigenvalue weighted by molar-refractivity contribution is 5.51. The van der Waals surface area contributed by atoms with Gasteiger partial charge in [-0.1, -0.05) is 36.4 Å². The molecule has 1 aliphatic heterocycles. The third kappa shape index (κ3) is 2.54. The Morgan fingerprint density at radius 1 is 1.15 bits per heavy atom. The van der Waals surface area contributed by atoms with Crippen LogP contribution in [0.25, 0.3) is 0 Å². The van der Waals surface area contributed by atoms with Gasteiger partial charge in [0.05, 0.1) is 12.3 Å². The van der Waals surface area contributed by atoms with Crippen molar-refractivity contribution in [1.29, 1.82) is 0 Å². The summed E-state index contributed by atoms with van der Waals surface area (Å²) in [5.74, 6) is 0.221. The Hall–Kier alpha value is -1.87. The van der Waals surface area contributed by atoms with Gasteiger partial charge >= 0.3 is 0 Å². The zero-order valence-electron chi connectivity index (χ0n) is 11.3. The lowest BCUT2D eigenvalue weighted by atomic mass is 9.99. The van der Waals surface area contributed by atoms with Gasteiger partial charge in [0.2, 0.25) is 0 Å². The van der Waals surface area contributed by atoms with Crippen LogP contribution in [0.2, 0.25) is 0 Å². The maximum Gasteiger partial charge on any atom is 0.146 e. The predicted molar refractivity (Wildman–Crippen MR) is 78.3 cm³/mol. The molecule has 2 nitrogen and oxygen atoms in total. The molecule has 0 aromatic heterocycles. The molecule has 0 bridgehead atoms. The first-order valence-corrected chi connectivity index (χ1v) is 6.97. The van der Waals surface area contributed by atoms with Crippen molar-refractivity contribution < 1.29 is 9.50 Å². The summed E-state index contributed by atoms with van der Waals surface area (Å²) in [6.45, 7) is 1.60. The summed E-state index contributed by atoms with van der Waals surface area (Å²) in [4.78, 5) is 2.09. The monoisotopic (exact) mass is 271 g/mol. The van der Waals surface area contributed by atoms with E-state index in [9.17, 15) is 4.39 Å². The molecule has 0 aliphatic carbocycles. The number of benzene rings is 2. The highest BCUT2D eigenvalue weighted by Crippen LogP contribution is 2.32. The lowest BCUT2D eigenvalue weighted by molar-refractivity contribution is 0.281. The molecule has 1 aliphatic rings. The molecule has 3 rings (SSSR count). The molecule has 1 heterocycles. The molecule has 3 heteroatoms. The molecular weight excluding hydrogens is 253 g/mol. The number of nitrogens with zero attached hydrogens (tertiary/aromatic N) is 1. The topological polar surface area (TPSA) is 23.5 Å². The standard InChI is InChI=1S/C17H18FNO/c18-16-10-13(12-20)6-7-17(16)19-9-8-15(11-19)14-4-2-1-3-5-14/h1-7,10,15,20H,8-9,11-12H2. The van der Waals surface area contributed by atoms with Gasteiger partial charge in [0.15, 0.2) is 0 Å². The molecule has 0 amide bonds. The van der Waals surface area contributed by atoms with Gasteiger partial charge in [-0.3, -0.25) is 0 Å².